The lowest BCUT2D eigenvalue weighted by molar-refractivity contribution is 0.0528. The lowest BCUT2D eigenvalue weighted by Gasteiger charge is -2.34. The Bertz CT molecular complexity index is 1190. The van der Waals surface area contributed by atoms with Gasteiger partial charge in [-0.3, -0.25) is 14.4 Å². The van der Waals surface area contributed by atoms with Crippen molar-refractivity contribution in [2.24, 2.45) is 0 Å². The molecule has 0 spiro atoms. The van der Waals surface area contributed by atoms with Gasteiger partial charge < -0.3 is 14.5 Å². The van der Waals surface area contributed by atoms with Gasteiger partial charge in [-0.1, -0.05) is 30.3 Å². The van der Waals surface area contributed by atoms with Crippen LogP contribution in [0.1, 0.15) is 20.8 Å². The number of halogens is 1. The molecule has 0 aliphatic carbocycles. The van der Waals surface area contributed by atoms with Gasteiger partial charge in [0, 0.05) is 32.2 Å². The van der Waals surface area contributed by atoms with Gasteiger partial charge in [0.15, 0.2) is 0 Å². The Hall–Kier alpha value is -4.01. The number of aromatic nitrogens is 2. The molecule has 0 atom stereocenters. The molecule has 2 amide bonds. The molecule has 0 radical (unpaired) electrons. The second kappa shape index (κ2) is 10.1. The fraction of sp³-hybridized carbons (Fsp3) is 0.250. The Labute approximate surface area is 189 Å². The molecule has 3 aromatic rings. The van der Waals surface area contributed by atoms with Gasteiger partial charge in [0.2, 0.25) is 0 Å². The first-order valence-corrected chi connectivity index (χ1v) is 10.6. The van der Waals surface area contributed by atoms with E-state index >= 15 is 0 Å². The first-order valence-electron chi connectivity index (χ1n) is 10.6. The van der Waals surface area contributed by atoms with Crippen molar-refractivity contribution >= 4 is 11.8 Å². The molecule has 0 saturated carbocycles. The van der Waals surface area contributed by atoms with Gasteiger partial charge in [-0.25, -0.2) is 9.07 Å². The average Bonchev–Trinajstić information content (AvgIpc) is 2.85. The number of hydrogen-bond acceptors (Lipinski definition) is 5. The summed E-state index contributed by atoms with van der Waals surface area (Å²) in [6, 6.07) is 17.7. The first kappa shape index (κ1) is 22.2. The molecule has 0 bridgehead atoms. The van der Waals surface area contributed by atoms with Crippen LogP contribution in [0.15, 0.2) is 71.5 Å². The van der Waals surface area contributed by atoms with Crippen LogP contribution >= 0.6 is 0 Å². The highest BCUT2D eigenvalue weighted by atomic mass is 19.1. The summed E-state index contributed by atoms with van der Waals surface area (Å²) >= 11 is 0. The van der Waals surface area contributed by atoms with E-state index in [1.54, 1.807) is 11.0 Å². The van der Waals surface area contributed by atoms with E-state index in [1.807, 2.05) is 30.3 Å². The zero-order chi connectivity index (χ0) is 23.2. The van der Waals surface area contributed by atoms with Crippen LogP contribution in [0, 0.1) is 5.82 Å². The van der Waals surface area contributed by atoms with Gasteiger partial charge in [-0.15, -0.1) is 0 Å². The fourth-order valence-corrected chi connectivity index (χ4v) is 3.57. The third-order valence-corrected chi connectivity index (χ3v) is 5.36. The van der Waals surface area contributed by atoms with Crippen LogP contribution in [-0.2, 0) is 6.54 Å². The van der Waals surface area contributed by atoms with Gasteiger partial charge in [-0.05, 0) is 30.3 Å². The van der Waals surface area contributed by atoms with Crippen molar-refractivity contribution in [1.82, 2.24) is 19.6 Å². The van der Waals surface area contributed by atoms with Crippen molar-refractivity contribution in [3.8, 4) is 5.75 Å². The van der Waals surface area contributed by atoms with E-state index in [0.29, 0.717) is 5.75 Å². The number of carbonyl (C=O) groups is 2. The minimum Gasteiger partial charge on any atom is -0.492 e. The zero-order valence-corrected chi connectivity index (χ0v) is 17.9. The predicted molar refractivity (Wildman–Crippen MR) is 119 cm³/mol. The molecular formula is C24H23FN4O4. The lowest BCUT2D eigenvalue weighted by atomic mass is 10.1. The normalized spacial score (nSPS) is 13.6. The molecule has 0 N–H and O–H groups in total. The van der Waals surface area contributed by atoms with Gasteiger partial charge >= 0.3 is 0 Å². The maximum absolute atomic E-state index is 13.9. The quantitative estimate of drug-likeness (QED) is 0.574. The smallest absolute Gasteiger partial charge is 0.274 e. The third-order valence-electron chi connectivity index (χ3n) is 5.36. The number of hydrogen-bond donors (Lipinski definition) is 0. The number of benzene rings is 2. The molecule has 0 unspecified atom stereocenters. The molecule has 1 saturated heterocycles. The monoisotopic (exact) mass is 450 g/mol. The summed E-state index contributed by atoms with van der Waals surface area (Å²) in [5.41, 5.74) is -0.171. The molecule has 8 nitrogen and oxygen atoms in total. The van der Waals surface area contributed by atoms with Gasteiger partial charge in [0.25, 0.3) is 17.4 Å². The molecule has 1 fully saturated rings. The lowest BCUT2D eigenvalue weighted by Crippen LogP contribution is -2.51. The number of nitrogens with zero attached hydrogens (tertiary/aromatic N) is 4. The molecule has 2 aromatic carbocycles. The van der Waals surface area contributed by atoms with E-state index in [4.69, 9.17) is 4.74 Å². The standard InChI is InChI=1S/C24H23FN4O4/c25-20-9-5-4-8-19(20)23(31)27-12-14-28(15-13-27)24(32)21-10-11-22(30)29(26-21)16-17-33-18-6-2-1-3-7-18/h1-11H,12-17H2. The third kappa shape index (κ3) is 5.25. The van der Waals surface area contributed by atoms with Gasteiger partial charge in [0.05, 0.1) is 12.1 Å². The Balaban J connectivity index is 1.35. The van der Waals surface area contributed by atoms with Crippen molar-refractivity contribution in [2.75, 3.05) is 32.8 Å². The second-order valence-electron chi connectivity index (χ2n) is 7.51. The number of carbonyl (C=O) groups excluding carboxylic acids is 2. The Morgan fingerprint density at radius 3 is 2.18 bits per heavy atom. The molecule has 4 rings (SSSR count). The number of amides is 2. The molecule has 1 aromatic heterocycles. The molecule has 1 aliphatic heterocycles. The average molecular weight is 450 g/mol. The van der Waals surface area contributed by atoms with E-state index in [2.05, 4.69) is 5.10 Å². The maximum Gasteiger partial charge on any atom is 0.274 e. The highest BCUT2D eigenvalue weighted by molar-refractivity contribution is 5.95. The van der Waals surface area contributed by atoms with Crippen LogP contribution in [0.3, 0.4) is 0 Å². The Kier molecular flexibility index (Phi) is 6.77. The number of piperazine rings is 1. The Morgan fingerprint density at radius 1 is 0.848 bits per heavy atom. The van der Waals surface area contributed by atoms with Gasteiger partial charge in [0.1, 0.15) is 23.9 Å². The molecule has 2 heterocycles. The van der Waals surface area contributed by atoms with Crippen molar-refractivity contribution in [3.63, 3.8) is 0 Å². The van der Waals surface area contributed by atoms with Crippen molar-refractivity contribution in [3.05, 3.63) is 94.2 Å². The van der Waals surface area contributed by atoms with E-state index in [9.17, 15) is 18.8 Å². The highest BCUT2D eigenvalue weighted by Crippen LogP contribution is 2.13. The summed E-state index contributed by atoms with van der Waals surface area (Å²) in [5, 5.41) is 4.19. The van der Waals surface area contributed by atoms with Crippen LogP contribution in [0.2, 0.25) is 0 Å². The fourth-order valence-electron chi connectivity index (χ4n) is 3.57. The SMILES string of the molecule is O=C(c1ccc(=O)n(CCOc2ccccc2)n1)N1CCN(C(=O)c2ccccc2F)CC1. The van der Waals surface area contributed by atoms with Gasteiger partial charge in [-0.2, -0.15) is 5.10 Å². The summed E-state index contributed by atoms with van der Waals surface area (Å²) in [4.78, 5) is 40.7. The van der Waals surface area contributed by atoms with Crippen molar-refractivity contribution in [1.29, 1.82) is 0 Å². The van der Waals surface area contributed by atoms with Crippen LogP contribution in [0.25, 0.3) is 0 Å². The maximum atomic E-state index is 13.9. The minimum absolute atomic E-state index is 0.0174. The van der Waals surface area contributed by atoms with Crippen LogP contribution in [0.4, 0.5) is 4.39 Å². The van der Waals surface area contributed by atoms with Crippen molar-refractivity contribution < 1.29 is 18.7 Å². The molecular weight excluding hydrogens is 427 g/mol. The summed E-state index contributed by atoms with van der Waals surface area (Å²) in [6.07, 6.45) is 0. The summed E-state index contributed by atoms with van der Waals surface area (Å²) in [5.74, 6) is -0.611. The molecule has 1 aliphatic rings. The molecule has 170 valence electrons. The van der Waals surface area contributed by atoms with E-state index < -0.39 is 11.7 Å². The highest BCUT2D eigenvalue weighted by Gasteiger charge is 2.27. The predicted octanol–water partition coefficient (Wildman–Crippen LogP) is 2.06. The van der Waals surface area contributed by atoms with Crippen LogP contribution < -0.4 is 10.3 Å². The van der Waals surface area contributed by atoms with E-state index in [-0.39, 0.29) is 62.1 Å². The summed E-state index contributed by atoms with van der Waals surface area (Å²) in [7, 11) is 0. The molecule has 33 heavy (non-hydrogen) atoms. The second-order valence-corrected chi connectivity index (χ2v) is 7.51. The Morgan fingerprint density at radius 2 is 1.48 bits per heavy atom. The van der Waals surface area contributed by atoms with E-state index in [1.165, 1.54) is 39.9 Å². The number of para-hydroxylation sites is 1. The number of ether oxygens (including phenoxy) is 1. The zero-order valence-electron chi connectivity index (χ0n) is 17.9. The van der Waals surface area contributed by atoms with Crippen molar-refractivity contribution in [2.45, 2.75) is 6.54 Å². The minimum atomic E-state index is -0.566. The van der Waals surface area contributed by atoms with Crippen LogP contribution in [0.5, 0.6) is 5.75 Å². The van der Waals surface area contributed by atoms with E-state index in [0.717, 1.165) is 0 Å². The summed E-state index contributed by atoms with van der Waals surface area (Å²) < 4.78 is 20.7. The first-order chi connectivity index (χ1) is 16.0. The number of rotatable bonds is 6. The molecule has 9 heteroatoms. The largest absolute Gasteiger partial charge is 0.492 e. The summed E-state index contributed by atoms with van der Waals surface area (Å²) in [6.45, 7) is 1.56. The van der Waals surface area contributed by atoms with Crippen LogP contribution in [-0.4, -0.2) is 64.2 Å². The topological polar surface area (TPSA) is 84.7 Å².